The molecule has 4 aliphatic rings. The van der Waals surface area contributed by atoms with Crippen molar-refractivity contribution < 1.29 is 9.90 Å². The number of hydrogen-bond donors (Lipinski definition) is 1. The Morgan fingerprint density at radius 1 is 1.25 bits per heavy atom. The van der Waals surface area contributed by atoms with E-state index in [2.05, 4.69) is 26.3 Å². The Morgan fingerprint density at radius 3 is 2.71 bits per heavy atom. The van der Waals surface area contributed by atoms with Crippen LogP contribution in [-0.2, 0) is 4.79 Å². The van der Waals surface area contributed by atoms with Gasteiger partial charge in [-0.2, -0.15) is 0 Å². The lowest BCUT2D eigenvalue weighted by molar-refractivity contribution is -0.115. The Kier molecular flexibility index (Phi) is 4.76. The third kappa shape index (κ3) is 2.40. The average Bonchev–Trinajstić information content (AvgIpc) is 2.93. The molecule has 0 saturated heterocycles. The highest BCUT2D eigenvalue weighted by molar-refractivity contribution is 5.91. The fraction of sp³-hybridized carbons (Fsp3) is 0.682. The van der Waals surface area contributed by atoms with Crippen LogP contribution in [-0.4, -0.2) is 17.0 Å². The minimum atomic E-state index is -0.134. The molecule has 0 heterocycles. The molecule has 0 aromatic heterocycles. The highest BCUT2D eigenvalue weighted by atomic mass is 16.3. The van der Waals surface area contributed by atoms with Crippen molar-refractivity contribution in [2.75, 3.05) is 0 Å². The molecule has 130 valence electrons. The van der Waals surface area contributed by atoms with Crippen LogP contribution in [0.4, 0.5) is 0 Å². The highest BCUT2D eigenvalue weighted by Gasteiger charge is 2.58. The van der Waals surface area contributed by atoms with Crippen LogP contribution >= 0.6 is 0 Å². The van der Waals surface area contributed by atoms with E-state index in [1.165, 1.54) is 24.0 Å². The maximum absolute atomic E-state index is 11.8. The molecule has 4 aliphatic carbocycles. The van der Waals surface area contributed by atoms with Gasteiger partial charge in [0.2, 0.25) is 0 Å². The minimum Gasteiger partial charge on any atom is -0.393 e. The van der Waals surface area contributed by atoms with Gasteiger partial charge in [0.1, 0.15) is 0 Å². The number of aliphatic hydroxyl groups is 1. The summed E-state index contributed by atoms with van der Waals surface area (Å²) < 4.78 is 0. The van der Waals surface area contributed by atoms with Crippen LogP contribution in [0, 0.1) is 41.9 Å². The second-order valence-corrected chi connectivity index (χ2v) is 8.18. The normalized spacial score (nSPS) is 43.7. The highest BCUT2D eigenvalue weighted by Crippen LogP contribution is 2.64. The molecule has 0 aliphatic heterocycles. The van der Waals surface area contributed by atoms with E-state index in [0.717, 1.165) is 38.5 Å². The van der Waals surface area contributed by atoms with Crippen LogP contribution < -0.4 is 0 Å². The van der Waals surface area contributed by atoms with E-state index in [1.54, 1.807) is 0 Å². The molecule has 2 nitrogen and oxygen atoms in total. The maximum Gasteiger partial charge on any atom is 0.155 e. The van der Waals surface area contributed by atoms with E-state index in [9.17, 15) is 9.90 Å². The Bertz CT molecular complexity index is 584. The van der Waals surface area contributed by atoms with Gasteiger partial charge >= 0.3 is 0 Å². The number of ketones is 1. The van der Waals surface area contributed by atoms with Crippen LogP contribution in [0.2, 0.25) is 0 Å². The maximum atomic E-state index is 11.8. The summed E-state index contributed by atoms with van der Waals surface area (Å²) in [4.78, 5) is 11.8. The Hall–Kier alpha value is -1.33. The zero-order valence-electron chi connectivity index (χ0n) is 14.8. The first-order chi connectivity index (χ1) is 11.6. The summed E-state index contributed by atoms with van der Waals surface area (Å²) in [6.45, 7) is 6.73. The fourth-order valence-corrected chi connectivity index (χ4v) is 6.60. The van der Waals surface area contributed by atoms with E-state index < -0.39 is 0 Å². The van der Waals surface area contributed by atoms with Crippen molar-refractivity contribution in [1.29, 1.82) is 0 Å². The van der Waals surface area contributed by atoms with Crippen molar-refractivity contribution in [2.45, 2.75) is 64.4 Å². The Balaban J connectivity index is 0.000000815. The first-order valence-corrected chi connectivity index (χ1v) is 9.49. The topological polar surface area (TPSA) is 37.3 Å². The van der Waals surface area contributed by atoms with Crippen LogP contribution in [0.3, 0.4) is 0 Å². The number of rotatable bonds is 1. The summed E-state index contributed by atoms with van der Waals surface area (Å²) in [7, 11) is 0. The molecule has 3 fully saturated rings. The standard InChI is InChI=1S/C20H28O2.C2H2/c1-3-20-11-12(2)19-15-7-5-14(21)10-13(15)4-6-16(19)17(20)8-9-18(20)22;1-2/h10,15-19,22H,2-9,11H2,1H3;1-2H. The van der Waals surface area contributed by atoms with Gasteiger partial charge in [-0.05, 0) is 74.7 Å². The predicted molar refractivity (Wildman–Crippen MR) is 97.1 cm³/mol. The minimum absolute atomic E-state index is 0.101. The summed E-state index contributed by atoms with van der Waals surface area (Å²) in [6, 6.07) is 0. The van der Waals surface area contributed by atoms with E-state index >= 15 is 0 Å². The zero-order valence-corrected chi connectivity index (χ0v) is 14.8. The largest absolute Gasteiger partial charge is 0.393 e. The van der Waals surface area contributed by atoms with E-state index in [1.807, 2.05) is 6.08 Å². The summed E-state index contributed by atoms with van der Waals surface area (Å²) in [5, 5.41) is 10.7. The fourth-order valence-electron chi connectivity index (χ4n) is 6.60. The van der Waals surface area contributed by atoms with Gasteiger partial charge in [-0.25, -0.2) is 0 Å². The first-order valence-electron chi connectivity index (χ1n) is 9.49. The monoisotopic (exact) mass is 326 g/mol. The predicted octanol–water partition coefficient (Wildman–Crippen LogP) is 4.29. The second-order valence-electron chi connectivity index (χ2n) is 8.18. The van der Waals surface area contributed by atoms with Gasteiger partial charge in [0.05, 0.1) is 6.10 Å². The van der Waals surface area contributed by atoms with E-state index in [-0.39, 0.29) is 11.5 Å². The van der Waals surface area contributed by atoms with Gasteiger partial charge < -0.3 is 5.11 Å². The lowest BCUT2D eigenvalue weighted by Crippen LogP contribution is -2.49. The number of hydrogen-bond acceptors (Lipinski definition) is 2. The average molecular weight is 326 g/mol. The SMILES string of the molecule is C#C.C=C1CC2(CC)C(O)CCC2C2CCC3=CC(=O)CCC3C12. The smallest absolute Gasteiger partial charge is 0.155 e. The number of carbonyl (C=O) groups is 1. The zero-order chi connectivity index (χ0) is 17.5. The van der Waals surface area contributed by atoms with E-state index in [0.29, 0.717) is 29.5 Å². The molecule has 3 saturated carbocycles. The van der Waals surface area contributed by atoms with Crippen molar-refractivity contribution in [2.24, 2.45) is 29.1 Å². The van der Waals surface area contributed by atoms with Crippen molar-refractivity contribution in [1.82, 2.24) is 0 Å². The van der Waals surface area contributed by atoms with Gasteiger partial charge in [-0.15, -0.1) is 12.8 Å². The van der Waals surface area contributed by atoms with Gasteiger partial charge in [0.25, 0.3) is 0 Å². The summed E-state index contributed by atoms with van der Waals surface area (Å²) in [5.41, 5.74) is 2.87. The number of terminal acetylenes is 1. The number of allylic oxidation sites excluding steroid dienone is 2. The molecule has 0 amide bonds. The lowest BCUT2D eigenvalue weighted by atomic mass is 9.50. The molecule has 0 aromatic carbocycles. The molecule has 24 heavy (non-hydrogen) atoms. The molecule has 6 unspecified atom stereocenters. The lowest BCUT2D eigenvalue weighted by Gasteiger charge is -2.55. The van der Waals surface area contributed by atoms with Crippen molar-refractivity contribution in [3.8, 4) is 12.8 Å². The van der Waals surface area contributed by atoms with Crippen molar-refractivity contribution in [3.63, 3.8) is 0 Å². The summed E-state index contributed by atoms with van der Waals surface area (Å²) in [5.74, 6) is 2.82. The molecule has 2 heteroatoms. The van der Waals surface area contributed by atoms with Crippen LogP contribution in [0.1, 0.15) is 58.3 Å². The van der Waals surface area contributed by atoms with Crippen LogP contribution in [0.25, 0.3) is 0 Å². The third-order valence-corrected chi connectivity index (χ3v) is 7.54. The van der Waals surface area contributed by atoms with Gasteiger partial charge in [0.15, 0.2) is 5.78 Å². The quantitative estimate of drug-likeness (QED) is 0.576. The molecular formula is C22H30O2. The Morgan fingerprint density at radius 2 is 2.00 bits per heavy atom. The van der Waals surface area contributed by atoms with Gasteiger partial charge in [-0.1, -0.05) is 24.6 Å². The van der Waals surface area contributed by atoms with Crippen molar-refractivity contribution >= 4 is 5.78 Å². The molecule has 0 aromatic rings. The van der Waals surface area contributed by atoms with Crippen molar-refractivity contribution in [3.05, 3.63) is 23.8 Å². The molecule has 0 bridgehead atoms. The molecule has 4 rings (SSSR count). The molecule has 0 radical (unpaired) electrons. The number of fused-ring (bicyclic) bond motifs is 5. The summed E-state index contributed by atoms with van der Waals surface area (Å²) in [6.07, 6.45) is 18.1. The third-order valence-electron chi connectivity index (χ3n) is 7.54. The first kappa shape index (κ1) is 17.5. The molecule has 6 atom stereocenters. The second kappa shape index (κ2) is 6.52. The van der Waals surface area contributed by atoms with Crippen LogP contribution in [0.5, 0.6) is 0 Å². The number of aliphatic hydroxyl groups excluding tert-OH is 1. The number of carbonyl (C=O) groups excluding carboxylic acids is 1. The van der Waals surface area contributed by atoms with Crippen LogP contribution in [0.15, 0.2) is 23.8 Å². The molecular weight excluding hydrogens is 296 g/mol. The summed E-state index contributed by atoms with van der Waals surface area (Å²) >= 11 is 0. The molecule has 1 N–H and O–H groups in total. The van der Waals surface area contributed by atoms with Gasteiger partial charge in [0, 0.05) is 11.8 Å². The molecule has 0 spiro atoms. The van der Waals surface area contributed by atoms with E-state index in [4.69, 9.17) is 0 Å². The Labute approximate surface area is 146 Å². The van der Waals surface area contributed by atoms with Gasteiger partial charge in [-0.3, -0.25) is 4.79 Å².